The number of hydrazine groups is 1. The van der Waals surface area contributed by atoms with Crippen LogP contribution in [0, 0.1) is 0 Å². The molecule has 0 aliphatic rings. The van der Waals surface area contributed by atoms with Crippen molar-refractivity contribution in [1.82, 2.24) is 5.43 Å². The zero-order valence-corrected chi connectivity index (χ0v) is 3.62. The minimum absolute atomic E-state index is 0.458. The van der Waals surface area contributed by atoms with Gasteiger partial charge >= 0.3 is 0 Å². The van der Waals surface area contributed by atoms with Gasteiger partial charge in [-0.05, 0) is 0 Å². The zero-order chi connectivity index (χ0) is 5.86. The highest BCUT2D eigenvalue weighted by Crippen LogP contribution is 1.98. The molecule has 0 saturated heterocycles. The first-order chi connectivity index (χ1) is 3.18. The number of rotatable bonds is 2. The topological polar surface area (TPSA) is 38.0 Å². The average molecular weight is 108 g/mol. The molecule has 0 radical (unpaired) electrons. The predicted molar refractivity (Wildman–Crippen MR) is 22.5 cm³/mol. The number of nitrogens with two attached hydrogens (primary N) is 1. The molecule has 0 fully saturated rings. The Morgan fingerprint density at radius 3 is 2.14 bits per heavy atom. The molecule has 0 amide bonds. The molecule has 2 nitrogen and oxygen atoms in total. The van der Waals surface area contributed by atoms with Crippen molar-refractivity contribution in [1.29, 1.82) is 0 Å². The zero-order valence-electron chi connectivity index (χ0n) is 3.62. The first kappa shape index (κ1) is 6.36. The van der Waals surface area contributed by atoms with Crippen LogP contribution in [0.15, 0.2) is 12.3 Å². The van der Waals surface area contributed by atoms with E-state index in [0.29, 0.717) is 0 Å². The van der Waals surface area contributed by atoms with Gasteiger partial charge in [-0.3, -0.25) is 5.84 Å². The van der Waals surface area contributed by atoms with E-state index < -0.39 is 12.1 Å². The van der Waals surface area contributed by atoms with Crippen LogP contribution in [0.25, 0.3) is 0 Å². The Kier molecular flexibility index (Phi) is 2.29. The molecule has 0 aromatic heterocycles. The van der Waals surface area contributed by atoms with Gasteiger partial charge in [0.25, 0.3) is 6.43 Å². The highest BCUT2D eigenvalue weighted by molar-refractivity contribution is 4.91. The van der Waals surface area contributed by atoms with Crippen LogP contribution in [-0.4, -0.2) is 6.43 Å². The molecule has 4 heteroatoms. The number of nitrogens with one attached hydrogen (secondary N) is 1. The highest BCUT2D eigenvalue weighted by atomic mass is 19.3. The van der Waals surface area contributed by atoms with Crippen molar-refractivity contribution < 1.29 is 8.78 Å². The van der Waals surface area contributed by atoms with E-state index in [1.54, 1.807) is 5.43 Å². The van der Waals surface area contributed by atoms with Crippen molar-refractivity contribution in [2.75, 3.05) is 0 Å². The Balaban J connectivity index is 3.35. The number of allylic oxidation sites excluding steroid dienone is 1. The fourth-order valence-electron chi connectivity index (χ4n) is 0.0630. The minimum atomic E-state index is -2.56. The van der Waals surface area contributed by atoms with E-state index in [-0.39, 0.29) is 0 Å². The summed E-state index contributed by atoms with van der Waals surface area (Å²) >= 11 is 0. The Morgan fingerprint density at radius 1 is 1.71 bits per heavy atom. The third-order valence-corrected chi connectivity index (χ3v) is 0.449. The van der Waals surface area contributed by atoms with Crippen LogP contribution in [0.2, 0.25) is 0 Å². The summed E-state index contributed by atoms with van der Waals surface area (Å²) < 4.78 is 22.4. The van der Waals surface area contributed by atoms with Gasteiger partial charge in [0.2, 0.25) is 0 Å². The Morgan fingerprint density at radius 2 is 2.14 bits per heavy atom. The van der Waals surface area contributed by atoms with E-state index in [0.717, 1.165) is 0 Å². The SMILES string of the molecule is C=C(NN)C(F)F. The van der Waals surface area contributed by atoms with Crippen molar-refractivity contribution in [2.45, 2.75) is 6.43 Å². The fourth-order valence-corrected chi connectivity index (χ4v) is 0.0630. The van der Waals surface area contributed by atoms with E-state index in [1.807, 2.05) is 0 Å². The Bertz CT molecular complexity index is 71.3. The maximum absolute atomic E-state index is 11.2. The summed E-state index contributed by atoms with van der Waals surface area (Å²) in [7, 11) is 0. The number of hydrogen-bond donors (Lipinski definition) is 2. The molecule has 42 valence electrons. The molecule has 0 aliphatic carbocycles. The lowest BCUT2D eigenvalue weighted by molar-refractivity contribution is 0.181. The third-order valence-electron chi connectivity index (χ3n) is 0.449. The van der Waals surface area contributed by atoms with Gasteiger partial charge < -0.3 is 5.43 Å². The smallest absolute Gasteiger partial charge is 0.278 e. The monoisotopic (exact) mass is 108 g/mol. The van der Waals surface area contributed by atoms with Gasteiger partial charge in [0.05, 0.1) is 5.70 Å². The van der Waals surface area contributed by atoms with Crippen LogP contribution >= 0.6 is 0 Å². The third kappa shape index (κ3) is 2.11. The van der Waals surface area contributed by atoms with Gasteiger partial charge in [-0.2, -0.15) is 0 Å². The molecule has 0 atom stereocenters. The highest BCUT2D eigenvalue weighted by Gasteiger charge is 2.03. The summed E-state index contributed by atoms with van der Waals surface area (Å²) in [6, 6.07) is 0. The van der Waals surface area contributed by atoms with Crippen LogP contribution in [0.3, 0.4) is 0 Å². The second-order valence-corrected chi connectivity index (χ2v) is 0.970. The van der Waals surface area contributed by atoms with E-state index in [1.165, 1.54) is 0 Å². The summed E-state index contributed by atoms with van der Waals surface area (Å²) in [5, 5.41) is 0. The first-order valence-electron chi connectivity index (χ1n) is 1.62. The van der Waals surface area contributed by atoms with Gasteiger partial charge in [0.1, 0.15) is 0 Å². The van der Waals surface area contributed by atoms with E-state index in [4.69, 9.17) is 0 Å². The van der Waals surface area contributed by atoms with Crippen LogP contribution in [-0.2, 0) is 0 Å². The van der Waals surface area contributed by atoms with Crippen LogP contribution < -0.4 is 11.3 Å². The largest absolute Gasteiger partial charge is 0.323 e. The summed E-state index contributed by atoms with van der Waals surface area (Å²) in [6.45, 7) is 2.89. The van der Waals surface area contributed by atoms with Gasteiger partial charge in [0, 0.05) is 0 Å². The molecular formula is C3H6F2N2. The molecule has 0 saturated carbocycles. The van der Waals surface area contributed by atoms with Crippen LogP contribution in [0.5, 0.6) is 0 Å². The number of hydrogen-bond acceptors (Lipinski definition) is 2. The molecule has 0 rings (SSSR count). The Hall–Kier alpha value is -0.640. The van der Waals surface area contributed by atoms with Gasteiger partial charge in [-0.15, -0.1) is 0 Å². The number of alkyl halides is 2. The molecular weight excluding hydrogens is 102 g/mol. The van der Waals surface area contributed by atoms with Crippen molar-refractivity contribution in [3.05, 3.63) is 12.3 Å². The van der Waals surface area contributed by atoms with Crippen LogP contribution in [0.4, 0.5) is 8.78 Å². The molecule has 3 N–H and O–H groups in total. The van der Waals surface area contributed by atoms with Gasteiger partial charge in [-0.1, -0.05) is 6.58 Å². The van der Waals surface area contributed by atoms with E-state index in [9.17, 15) is 8.78 Å². The molecule has 0 bridgehead atoms. The second kappa shape index (κ2) is 2.52. The quantitative estimate of drug-likeness (QED) is 0.392. The fraction of sp³-hybridized carbons (Fsp3) is 0.333. The van der Waals surface area contributed by atoms with E-state index in [2.05, 4.69) is 12.4 Å². The van der Waals surface area contributed by atoms with Crippen LogP contribution in [0.1, 0.15) is 0 Å². The van der Waals surface area contributed by atoms with Crippen molar-refractivity contribution in [3.63, 3.8) is 0 Å². The lowest BCUT2D eigenvalue weighted by Crippen LogP contribution is -2.24. The maximum Gasteiger partial charge on any atom is 0.278 e. The lowest BCUT2D eigenvalue weighted by atomic mass is 10.5. The summed E-state index contributed by atoms with van der Waals surface area (Å²) in [5.41, 5.74) is 1.26. The standard InChI is InChI=1S/C3H6F2N2/c1-2(7-6)3(4)5/h3,7H,1,6H2. The Labute approximate surface area is 40.0 Å². The van der Waals surface area contributed by atoms with Crippen molar-refractivity contribution in [2.24, 2.45) is 5.84 Å². The lowest BCUT2D eigenvalue weighted by Gasteiger charge is -1.98. The van der Waals surface area contributed by atoms with E-state index >= 15 is 0 Å². The summed E-state index contributed by atoms with van der Waals surface area (Å²) in [6.07, 6.45) is -2.56. The molecule has 0 aromatic carbocycles. The normalized spacial score (nSPS) is 9.14. The molecule has 0 spiro atoms. The molecule has 0 heterocycles. The minimum Gasteiger partial charge on any atom is -0.323 e. The van der Waals surface area contributed by atoms with Gasteiger partial charge in [0.15, 0.2) is 0 Å². The molecule has 0 unspecified atom stereocenters. The second-order valence-electron chi connectivity index (χ2n) is 0.970. The molecule has 7 heavy (non-hydrogen) atoms. The van der Waals surface area contributed by atoms with Gasteiger partial charge in [-0.25, -0.2) is 8.78 Å². The average Bonchev–Trinajstić information content (AvgIpc) is 1.65. The summed E-state index contributed by atoms with van der Waals surface area (Å²) in [4.78, 5) is 0. The van der Waals surface area contributed by atoms with Crippen molar-refractivity contribution in [3.8, 4) is 0 Å². The molecule has 0 aromatic rings. The first-order valence-corrected chi connectivity index (χ1v) is 1.62. The predicted octanol–water partition coefficient (Wildman–Crippen LogP) is 0.228. The maximum atomic E-state index is 11.2. The molecule has 0 aliphatic heterocycles. The summed E-state index contributed by atoms with van der Waals surface area (Å²) in [5.74, 6) is 4.54. The number of halogens is 2. The van der Waals surface area contributed by atoms with Crippen molar-refractivity contribution >= 4 is 0 Å².